The number of halogens is 1. The summed E-state index contributed by atoms with van der Waals surface area (Å²) < 4.78 is 2.99. The van der Waals surface area contributed by atoms with E-state index in [1.54, 1.807) is 12.1 Å². The Morgan fingerprint density at radius 3 is 2.27 bits per heavy atom. The van der Waals surface area contributed by atoms with Crippen molar-refractivity contribution in [1.82, 2.24) is 4.33 Å². The average molecular weight is 293 g/mol. The van der Waals surface area contributed by atoms with Gasteiger partial charge >= 0.3 is 97.7 Å². The average Bonchev–Trinajstić information content (AvgIpc) is 2.30. The summed E-state index contributed by atoms with van der Waals surface area (Å²) in [5, 5.41) is 1.74. The Morgan fingerprint density at radius 2 is 1.80 bits per heavy atom. The summed E-state index contributed by atoms with van der Waals surface area (Å²) in [7, 11) is 6.38. The van der Waals surface area contributed by atoms with Crippen LogP contribution in [-0.2, 0) is 0 Å². The van der Waals surface area contributed by atoms with E-state index in [1.807, 2.05) is 32.0 Å². The third kappa shape index (κ3) is 3.53. The first-order valence-corrected chi connectivity index (χ1v) is 10.5. The zero-order valence-corrected chi connectivity index (χ0v) is 11.5. The van der Waals surface area contributed by atoms with E-state index in [0.29, 0.717) is 5.56 Å². The normalized spacial score (nSPS) is 12.2. The van der Waals surface area contributed by atoms with Crippen molar-refractivity contribution in [1.29, 1.82) is 0 Å². The number of amides is 1. The van der Waals surface area contributed by atoms with Crippen LogP contribution in [-0.4, -0.2) is 18.1 Å². The first kappa shape index (κ1) is 12.6. The van der Waals surface area contributed by atoms with Gasteiger partial charge in [-0.25, -0.2) is 0 Å². The second kappa shape index (κ2) is 5.55. The summed E-state index contributed by atoms with van der Waals surface area (Å²) in [6, 6.07) is 9.20. The molecule has 0 saturated carbocycles. The first-order chi connectivity index (χ1) is 7.11. The van der Waals surface area contributed by atoms with Gasteiger partial charge in [-0.1, -0.05) is 0 Å². The molecule has 0 aliphatic carbocycles. The predicted molar refractivity (Wildman–Crippen MR) is 66.5 cm³/mol. The van der Waals surface area contributed by atoms with Crippen LogP contribution < -0.4 is 4.33 Å². The van der Waals surface area contributed by atoms with E-state index in [9.17, 15) is 4.79 Å². The molecule has 0 bridgehead atoms. The SMILES string of the molecule is CC[Se](Cl)(CC)NC(=O)c1ccccc1. The predicted octanol–water partition coefficient (Wildman–Crippen LogP) is 3.14. The van der Waals surface area contributed by atoms with Crippen molar-refractivity contribution < 1.29 is 4.79 Å². The third-order valence-electron chi connectivity index (χ3n) is 2.23. The van der Waals surface area contributed by atoms with Crippen molar-refractivity contribution in [2.45, 2.75) is 24.5 Å². The first-order valence-electron chi connectivity index (χ1n) is 4.96. The van der Waals surface area contributed by atoms with Crippen LogP contribution in [0, 0.1) is 0 Å². The summed E-state index contributed by atoms with van der Waals surface area (Å²) in [5.74, 6) is -0.0469. The zero-order chi connectivity index (χ0) is 11.3. The standard InChI is InChI=1S/C11H16ClNOSe/c1-3-15(12,4-2)13-11(14)10-8-6-5-7-9-10/h5-9H,3-4H2,1-2H3,(H,13,14). The van der Waals surface area contributed by atoms with E-state index in [1.165, 1.54) is 0 Å². The molecule has 2 nitrogen and oxygen atoms in total. The number of benzene rings is 1. The number of hydrogen-bond acceptors (Lipinski definition) is 1. The van der Waals surface area contributed by atoms with Crippen molar-refractivity contribution in [2.24, 2.45) is 0 Å². The molecule has 0 atom stereocenters. The maximum atomic E-state index is 11.8. The van der Waals surface area contributed by atoms with Crippen LogP contribution >= 0.6 is 10.1 Å². The van der Waals surface area contributed by atoms with E-state index in [4.69, 9.17) is 10.1 Å². The fourth-order valence-electron chi connectivity index (χ4n) is 1.16. The summed E-state index contributed by atoms with van der Waals surface area (Å²) in [6.07, 6.45) is 0. The quantitative estimate of drug-likeness (QED) is 0.849. The van der Waals surface area contributed by atoms with Gasteiger partial charge in [0.05, 0.1) is 0 Å². The fraction of sp³-hybridized carbons (Fsp3) is 0.364. The number of rotatable bonds is 4. The Balaban J connectivity index is 2.72. The molecule has 1 aromatic rings. The Labute approximate surface area is 97.7 Å². The van der Waals surface area contributed by atoms with Gasteiger partial charge in [-0.3, -0.25) is 0 Å². The molecule has 0 saturated heterocycles. The van der Waals surface area contributed by atoms with Crippen LogP contribution in [0.5, 0.6) is 0 Å². The van der Waals surface area contributed by atoms with Gasteiger partial charge in [0.15, 0.2) is 0 Å². The van der Waals surface area contributed by atoms with Crippen LogP contribution in [0.2, 0.25) is 10.6 Å². The molecule has 1 N–H and O–H groups in total. The van der Waals surface area contributed by atoms with Gasteiger partial charge < -0.3 is 0 Å². The number of carbonyl (C=O) groups excluding carboxylic acids is 1. The minimum atomic E-state index is -2.25. The van der Waals surface area contributed by atoms with Gasteiger partial charge in [-0.2, -0.15) is 0 Å². The van der Waals surface area contributed by atoms with E-state index < -0.39 is 12.2 Å². The van der Waals surface area contributed by atoms with E-state index in [2.05, 4.69) is 4.33 Å². The van der Waals surface area contributed by atoms with Gasteiger partial charge in [0.1, 0.15) is 0 Å². The third-order valence-corrected chi connectivity index (χ3v) is 9.89. The second-order valence-corrected chi connectivity index (χ2v) is 12.4. The zero-order valence-electron chi connectivity index (χ0n) is 9.00. The molecule has 1 aromatic carbocycles. The Morgan fingerprint density at radius 1 is 1.27 bits per heavy atom. The molecule has 0 aliphatic heterocycles. The molecule has 84 valence electrons. The second-order valence-electron chi connectivity index (χ2n) is 3.16. The van der Waals surface area contributed by atoms with Crippen molar-refractivity contribution in [3.8, 4) is 0 Å². The van der Waals surface area contributed by atoms with Gasteiger partial charge in [-0.15, -0.1) is 0 Å². The molecule has 0 radical (unpaired) electrons. The Bertz CT molecular complexity index is 325. The van der Waals surface area contributed by atoms with E-state index in [-0.39, 0.29) is 5.91 Å². The molecule has 1 amide bonds. The Kier molecular flexibility index (Phi) is 4.65. The van der Waals surface area contributed by atoms with Crippen molar-refractivity contribution in [3.05, 3.63) is 35.9 Å². The monoisotopic (exact) mass is 293 g/mol. The molecule has 15 heavy (non-hydrogen) atoms. The summed E-state index contributed by atoms with van der Waals surface area (Å²) >= 11 is -2.25. The van der Waals surface area contributed by atoms with E-state index in [0.717, 1.165) is 10.6 Å². The van der Waals surface area contributed by atoms with Gasteiger partial charge in [0.25, 0.3) is 0 Å². The van der Waals surface area contributed by atoms with Crippen LogP contribution in [0.25, 0.3) is 0 Å². The maximum absolute atomic E-state index is 11.8. The van der Waals surface area contributed by atoms with Crippen molar-refractivity contribution in [3.63, 3.8) is 0 Å². The van der Waals surface area contributed by atoms with Crippen LogP contribution in [0.3, 0.4) is 0 Å². The van der Waals surface area contributed by atoms with Crippen molar-refractivity contribution in [2.75, 3.05) is 0 Å². The summed E-state index contributed by atoms with van der Waals surface area (Å²) in [5.41, 5.74) is 0.682. The number of nitrogens with one attached hydrogen (secondary N) is 1. The van der Waals surface area contributed by atoms with Gasteiger partial charge in [-0.05, 0) is 0 Å². The Hall–Kier alpha value is -0.501. The molecule has 0 heterocycles. The molecule has 0 spiro atoms. The number of carbonyl (C=O) groups is 1. The number of hydrogen-bond donors (Lipinski definition) is 1. The molecular weight excluding hydrogens is 277 g/mol. The van der Waals surface area contributed by atoms with Crippen LogP contribution in [0.4, 0.5) is 0 Å². The molecule has 0 aliphatic rings. The minimum absolute atomic E-state index is 0.0469. The molecular formula is C11H16ClNOSe. The van der Waals surface area contributed by atoms with Crippen molar-refractivity contribution >= 4 is 28.2 Å². The van der Waals surface area contributed by atoms with Crippen LogP contribution in [0.15, 0.2) is 30.3 Å². The van der Waals surface area contributed by atoms with Gasteiger partial charge in [0, 0.05) is 0 Å². The fourth-order valence-corrected chi connectivity index (χ4v) is 3.93. The van der Waals surface area contributed by atoms with Gasteiger partial charge in [0.2, 0.25) is 0 Å². The molecule has 1 rings (SSSR count). The topological polar surface area (TPSA) is 29.1 Å². The summed E-state index contributed by atoms with van der Waals surface area (Å²) in [4.78, 5) is 11.8. The summed E-state index contributed by atoms with van der Waals surface area (Å²) in [6.45, 7) is 4.06. The van der Waals surface area contributed by atoms with E-state index >= 15 is 0 Å². The molecule has 0 unspecified atom stereocenters. The molecule has 0 aromatic heterocycles. The molecule has 0 fully saturated rings. The molecule has 4 heteroatoms. The van der Waals surface area contributed by atoms with Crippen LogP contribution in [0.1, 0.15) is 24.2 Å².